The van der Waals surface area contributed by atoms with Crippen molar-refractivity contribution < 1.29 is 27.9 Å². The van der Waals surface area contributed by atoms with Crippen molar-refractivity contribution in [3.05, 3.63) is 65.9 Å². The molecule has 0 unspecified atom stereocenters. The highest BCUT2D eigenvalue weighted by Crippen LogP contribution is 2.38. The number of hydrogen-bond donors (Lipinski definition) is 1. The largest absolute Gasteiger partial charge is 0.417 e. The standard InChI is InChI=1S/C25H22F3N3O3/c26-25(27,28)20-15-17(16-4-6-21-18(14-16)2-1-9-29-21)3-5-19(20)22(32)30-10-12-31(13-11-30)23(33)24(34)7-8-24/h1-6,9,14-15,34H,7-8,10-13H2. The summed E-state index contributed by atoms with van der Waals surface area (Å²) >= 11 is 0. The molecule has 1 saturated heterocycles. The Hall–Kier alpha value is -3.46. The molecule has 3 aromatic rings. The number of amides is 2. The van der Waals surface area contributed by atoms with Crippen LogP contribution >= 0.6 is 0 Å². The number of halogens is 3. The smallest absolute Gasteiger partial charge is 0.380 e. The van der Waals surface area contributed by atoms with Gasteiger partial charge in [-0.25, -0.2) is 0 Å². The van der Waals surface area contributed by atoms with E-state index in [4.69, 9.17) is 0 Å². The van der Waals surface area contributed by atoms with Crippen LogP contribution in [0, 0.1) is 0 Å². The zero-order valence-electron chi connectivity index (χ0n) is 18.2. The number of carbonyl (C=O) groups excluding carboxylic acids is 2. The van der Waals surface area contributed by atoms with Crippen LogP contribution in [0.3, 0.4) is 0 Å². The van der Waals surface area contributed by atoms with E-state index >= 15 is 0 Å². The lowest BCUT2D eigenvalue weighted by molar-refractivity contribution is -0.143. The molecule has 1 aliphatic heterocycles. The van der Waals surface area contributed by atoms with Gasteiger partial charge in [-0.05, 0) is 54.3 Å². The fourth-order valence-electron chi connectivity index (χ4n) is 4.31. The normalized spacial score (nSPS) is 17.6. The Morgan fingerprint density at radius 1 is 0.912 bits per heavy atom. The molecule has 2 fully saturated rings. The zero-order valence-corrected chi connectivity index (χ0v) is 18.2. The summed E-state index contributed by atoms with van der Waals surface area (Å²) in [5, 5.41) is 10.8. The molecule has 1 aliphatic carbocycles. The number of nitrogens with zero attached hydrogens (tertiary/aromatic N) is 3. The molecule has 0 bridgehead atoms. The third-order valence-corrected chi connectivity index (χ3v) is 6.47. The van der Waals surface area contributed by atoms with Crippen LogP contribution in [0.1, 0.15) is 28.8 Å². The summed E-state index contributed by atoms with van der Waals surface area (Å²) in [6.07, 6.45) is -2.24. The second kappa shape index (κ2) is 8.09. The van der Waals surface area contributed by atoms with Crippen LogP contribution in [0.4, 0.5) is 13.2 Å². The molecule has 176 valence electrons. The van der Waals surface area contributed by atoms with Crippen molar-refractivity contribution in [3.63, 3.8) is 0 Å². The van der Waals surface area contributed by atoms with Crippen molar-refractivity contribution in [2.45, 2.75) is 24.6 Å². The summed E-state index contributed by atoms with van der Waals surface area (Å²) in [5.74, 6) is -1.09. The molecule has 2 aliphatic rings. The van der Waals surface area contributed by atoms with Crippen molar-refractivity contribution in [2.75, 3.05) is 26.2 Å². The van der Waals surface area contributed by atoms with Crippen LogP contribution in [0.15, 0.2) is 54.7 Å². The number of aromatic nitrogens is 1. The number of rotatable bonds is 3. The molecule has 6 nitrogen and oxygen atoms in total. The molecule has 34 heavy (non-hydrogen) atoms. The summed E-state index contributed by atoms with van der Waals surface area (Å²) in [6.45, 7) is 0.573. The lowest BCUT2D eigenvalue weighted by Gasteiger charge is -2.36. The number of aliphatic hydroxyl groups is 1. The number of carbonyl (C=O) groups is 2. The summed E-state index contributed by atoms with van der Waals surface area (Å²) in [4.78, 5) is 32.4. The predicted molar refractivity (Wildman–Crippen MR) is 119 cm³/mol. The van der Waals surface area contributed by atoms with Gasteiger partial charge < -0.3 is 14.9 Å². The van der Waals surface area contributed by atoms with Crippen molar-refractivity contribution in [1.82, 2.24) is 14.8 Å². The summed E-state index contributed by atoms with van der Waals surface area (Å²) in [7, 11) is 0. The van der Waals surface area contributed by atoms with Crippen LogP contribution < -0.4 is 0 Å². The van der Waals surface area contributed by atoms with Gasteiger partial charge in [0.05, 0.1) is 16.6 Å². The average Bonchev–Trinajstić information content (AvgIpc) is 3.60. The van der Waals surface area contributed by atoms with E-state index < -0.39 is 28.8 Å². The summed E-state index contributed by atoms with van der Waals surface area (Å²) in [6, 6.07) is 12.6. The van der Waals surface area contributed by atoms with Crippen molar-refractivity contribution >= 4 is 22.7 Å². The van der Waals surface area contributed by atoms with Gasteiger partial charge in [-0.1, -0.05) is 18.2 Å². The fraction of sp³-hybridized carbons (Fsp3) is 0.320. The Morgan fingerprint density at radius 3 is 2.24 bits per heavy atom. The van der Waals surface area contributed by atoms with Crippen LogP contribution in [0.25, 0.3) is 22.0 Å². The molecule has 1 aromatic heterocycles. The van der Waals surface area contributed by atoms with Crippen LogP contribution in [-0.2, 0) is 11.0 Å². The van der Waals surface area contributed by atoms with E-state index in [1.165, 1.54) is 21.9 Å². The Balaban J connectivity index is 1.40. The Morgan fingerprint density at radius 2 is 1.56 bits per heavy atom. The molecule has 2 aromatic carbocycles. The van der Waals surface area contributed by atoms with Crippen LogP contribution in [0.5, 0.6) is 0 Å². The first-order valence-corrected chi connectivity index (χ1v) is 11.0. The maximum atomic E-state index is 14.0. The Kier molecular flexibility index (Phi) is 5.31. The van der Waals surface area contributed by atoms with Crippen LogP contribution in [-0.4, -0.2) is 63.5 Å². The highest BCUT2D eigenvalue weighted by molar-refractivity contribution is 5.97. The van der Waals surface area contributed by atoms with Gasteiger partial charge in [-0.3, -0.25) is 14.6 Å². The second-order valence-corrected chi connectivity index (χ2v) is 8.78. The second-order valence-electron chi connectivity index (χ2n) is 8.78. The number of hydrogen-bond acceptors (Lipinski definition) is 4. The Labute approximate surface area is 193 Å². The Bertz CT molecular complexity index is 1280. The molecule has 5 rings (SSSR count). The van der Waals surface area contributed by atoms with Gasteiger partial charge in [0, 0.05) is 37.8 Å². The third-order valence-electron chi connectivity index (χ3n) is 6.47. The first-order chi connectivity index (χ1) is 16.2. The minimum atomic E-state index is -4.72. The SMILES string of the molecule is O=C(c1ccc(-c2ccc3ncccc3c2)cc1C(F)(F)F)N1CCN(C(=O)C2(O)CC2)CC1. The summed E-state index contributed by atoms with van der Waals surface area (Å²) in [5.41, 5.74) is -1.03. The number of fused-ring (bicyclic) bond motifs is 1. The third kappa shape index (κ3) is 4.11. The van der Waals surface area contributed by atoms with E-state index in [1.807, 2.05) is 6.07 Å². The van der Waals surface area contributed by atoms with Gasteiger partial charge in [0.2, 0.25) is 0 Å². The van der Waals surface area contributed by atoms with Crippen molar-refractivity contribution in [3.8, 4) is 11.1 Å². The van der Waals surface area contributed by atoms with E-state index in [9.17, 15) is 27.9 Å². The highest BCUT2D eigenvalue weighted by Gasteiger charge is 2.50. The monoisotopic (exact) mass is 469 g/mol. The van der Waals surface area contributed by atoms with Crippen molar-refractivity contribution in [1.29, 1.82) is 0 Å². The highest BCUT2D eigenvalue weighted by atomic mass is 19.4. The molecular formula is C25H22F3N3O3. The fourth-order valence-corrected chi connectivity index (χ4v) is 4.31. The van der Waals surface area contributed by atoms with Gasteiger partial charge in [-0.15, -0.1) is 0 Å². The van der Waals surface area contributed by atoms with E-state index in [1.54, 1.807) is 30.5 Å². The molecule has 1 saturated carbocycles. The van der Waals surface area contributed by atoms with Gasteiger partial charge in [0.15, 0.2) is 0 Å². The molecule has 1 N–H and O–H groups in total. The van der Waals surface area contributed by atoms with E-state index in [2.05, 4.69) is 4.98 Å². The topological polar surface area (TPSA) is 73.7 Å². The lowest BCUT2D eigenvalue weighted by atomic mass is 9.97. The molecule has 2 amide bonds. The molecule has 9 heteroatoms. The molecule has 0 radical (unpaired) electrons. The first kappa shape index (κ1) is 22.3. The van der Waals surface area contributed by atoms with E-state index in [0.717, 1.165) is 17.0 Å². The molecule has 2 heterocycles. The number of alkyl halides is 3. The predicted octanol–water partition coefficient (Wildman–Crippen LogP) is 3.73. The lowest BCUT2D eigenvalue weighted by Crippen LogP contribution is -2.53. The number of piperazine rings is 1. The molecular weight excluding hydrogens is 447 g/mol. The maximum Gasteiger partial charge on any atom is 0.417 e. The minimum Gasteiger partial charge on any atom is -0.380 e. The first-order valence-electron chi connectivity index (χ1n) is 11.0. The van der Waals surface area contributed by atoms with Crippen LogP contribution in [0.2, 0.25) is 0 Å². The average molecular weight is 469 g/mol. The van der Waals surface area contributed by atoms with Gasteiger partial charge in [0.1, 0.15) is 5.60 Å². The number of benzene rings is 2. The molecule has 0 spiro atoms. The maximum absolute atomic E-state index is 14.0. The van der Waals surface area contributed by atoms with E-state index in [0.29, 0.717) is 24.0 Å². The zero-order chi connectivity index (χ0) is 24.1. The molecule has 0 atom stereocenters. The summed E-state index contributed by atoms with van der Waals surface area (Å²) < 4.78 is 41.9. The van der Waals surface area contributed by atoms with Gasteiger partial charge in [-0.2, -0.15) is 13.2 Å². The minimum absolute atomic E-state index is 0.109. The van der Waals surface area contributed by atoms with Gasteiger partial charge in [0.25, 0.3) is 11.8 Å². The van der Waals surface area contributed by atoms with Crippen molar-refractivity contribution in [2.24, 2.45) is 0 Å². The van der Waals surface area contributed by atoms with Gasteiger partial charge >= 0.3 is 6.18 Å². The number of pyridine rings is 1. The quantitative estimate of drug-likeness (QED) is 0.635. The van der Waals surface area contributed by atoms with E-state index in [-0.39, 0.29) is 32.1 Å².